The number of alkyl halides is 3. The third kappa shape index (κ3) is 5.44. The number of hydrogen-bond acceptors (Lipinski definition) is 7. The van der Waals surface area contributed by atoms with Gasteiger partial charge in [-0.15, -0.1) is 0 Å². The molecule has 0 radical (unpaired) electrons. The topological polar surface area (TPSA) is 88.1 Å². The van der Waals surface area contributed by atoms with E-state index in [9.17, 15) is 26.4 Å². The van der Waals surface area contributed by atoms with Crippen molar-refractivity contribution in [3.63, 3.8) is 0 Å². The Morgan fingerprint density at radius 1 is 1.21 bits per heavy atom. The Labute approximate surface area is 192 Å². The monoisotopic (exact) mass is 499 g/mol. The Kier molecular flexibility index (Phi) is 6.32. The maximum absolute atomic E-state index is 13.0. The van der Waals surface area contributed by atoms with Crippen molar-refractivity contribution in [1.29, 1.82) is 0 Å². The molecule has 2 aromatic carbocycles. The summed E-state index contributed by atoms with van der Waals surface area (Å²) < 4.78 is 68.0. The van der Waals surface area contributed by atoms with Crippen molar-refractivity contribution in [1.82, 2.24) is 0 Å². The Balaban J connectivity index is 1.57. The van der Waals surface area contributed by atoms with Crippen LogP contribution in [0, 0.1) is 0 Å². The van der Waals surface area contributed by atoms with Crippen molar-refractivity contribution in [3.05, 3.63) is 54.1 Å². The van der Waals surface area contributed by atoms with E-state index in [4.69, 9.17) is 4.74 Å². The fourth-order valence-corrected chi connectivity index (χ4v) is 7.42. The van der Waals surface area contributed by atoms with Crippen LogP contribution in [0.4, 0.5) is 24.5 Å². The van der Waals surface area contributed by atoms with Crippen LogP contribution in [0.2, 0.25) is 0 Å². The molecule has 33 heavy (non-hydrogen) atoms. The van der Waals surface area contributed by atoms with Gasteiger partial charge in [0.2, 0.25) is 5.91 Å². The average molecular weight is 500 g/mol. The van der Waals surface area contributed by atoms with Crippen LogP contribution < -0.4 is 15.0 Å². The second-order valence-electron chi connectivity index (χ2n) is 7.63. The first kappa shape index (κ1) is 23.4. The molecule has 1 amide bonds. The van der Waals surface area contributed by atoms with E-state index in [2.05, 4.69) is 10.3 Å². The number of methoxy groups -OCH3 is 1. The second kappa shape index (κ2) is 8.90. The van der Waals surface area contributed by atoms with Gasteiger partial charge in [-0.2, -0.15) is 13.2 Å². The maximum atomic E-state index is 13.0. The molecular formula is C21H20F3N3O4S2. The van der Waals surface area contributed by atoms with Gasteiger partial charge in [0.1, 0.15) is 12.3 Å². The van der Waals surface area contributed by atoms with Gasteiger partial charge in [-0.25, -0.2) is 8.42 Å². The number of halogens is 3. The predicted octanol–water partition coefficient (Wildman–Crippen LogP) is 3.43. The number of anilines is 2. The minimum atomic E-state index is -4.53. The first-order chi connectivity index (χ1) is 15.5. The lowest BCUT2D eigenvalue weighted by Crippen LogP contribution is -2.36. The number of aliphatic imine (C=N–C) groups is 1. The molecule has 0 aliphatic carbocycles. The third-order valence-corrected chi connectivity index (χ3v) is 8.42. The highest BCUT2D eigenvalue weighted by Gasteiger charge is 2.44. The number of ether oxygens (including phenoxy) is 1. The van der Waals surface area contributed by atoms with Gasteiger partial charge in [-0.1, -0.05) is 23.9 Å². The number of amidine groups is 1. The van der Waals surface area contributed by atoms with Gasteiger partial charge in [0.25, 0.3) is 0 Å². The first-order valence-electron chi connectivity index (χ1n) is 9.88. The molecule has 1 N–H and O–H groups in total. The van der Waals surface area contributed by atoms with E-state index in [1.165, 1.54) is 31.0 Å². The zero-order valence-electron chi connectivity index (χ0n) is 17.4. The fourth-order valence-electron chi connectivity index (χ4n) is 3.64. The summed E-state index contributed by atoms with van der Waals surface area (Å²) in [6, 6.07) is 10.9. The Hall–Kier alpha value is -2.73. The van der Waals surface area contributed by atoms with Crippen molar-refractivity contribution < 1.29 is 31.1 Å². The van der Waals surface area contributed by atoms with E-state index in [1.54, 1.807) is 29.2 Å². The molecule has 12 heteroatoms. The van der Waals surface area contributed by atoms with E-state index in [1.807, 2.05) is 0 Å². The second-order valence-corrected chi connectivity index (χ2v) is 11.0. The lowest BCUT2D eigenvalue weighted by Gasteiger charge is -2.24. The van der Waals surface area contributed by atoms with Gasteiger partial charge < -0.3 is 15.0 Å². The van der Waals surface area contributed by atoms with Gasteiger partial charge in [0.15, 0.2) is 15.0 Å². The van der Waals surface area contributed by atoms with Crippen molar-refractivity contribution in [2.75, 3.05) is 35.4 Å². The third-order valence-electron chi connectivity index (χ3n) is 5.18. The average Bonchev–Trinajstić information content (AvgIpc) is 3.25. The molecule has 0 aromatic heterocycles. The van der Waals surface area contributed by atoms with Crippen LogP contribution in [-0.4, -0.2) is 55.9 Å². The molecule has 4 rings (SSSR count). The molecule has 2 atom stereocenters. The Morgan fingerprint density at radius 2 is 1.97 bits per heavy atom. The van der Waals surface area contributed by atoms with Crippen LogP contribution in [-0.2, 0) is 20.8 Å². The SMILES string of the molecule is COc1cccc(N(CC(=O)Nc2cccc(C(F)(F)F)c2)C2=N[C@H]3CS(=O)(=O)C[C@@H]3S2)c1. The number of nitrogens with zero attached hydrogens (tertiary/aromatic N) is 2. The minimum absolute atomic E-state index is 0.0116. The van der Waals surface area contributed by atoms with Crippen LogP contribution >= 0.6 is 11.8 Å². The number of rotatable bonds is 5. The van der Waals surface area contributed by atoms with Crippen LogP contribution in [0.1, 0.15) is 5.56 Å². The molecule has 1 saturated heterocycles. The molecule has 7 nitrogen and oxygen atoms in total. The van der Waals surface area contributed by atoms with Gasteiger partial charge in [-0.3, -0.25) is 9.79 Å². The van der Waals surface area contributed by atoms with Crippen molar-refractivity contribution in [2.24, 2.45) is 4.99 Å². The van der Waals surface area contributed by atoms with E-state index >= 15 is 0 Å². The maximum Gasteiger partial charge on any atom is 0.416 e. The molecule has 2 aliphatic heterocycles. The number of hydrogen-bond donors (Lipinski definition) is 1. The summed E-state index contributed by atoms with van der Waals surface area (Å²) in [5, 5.41) is 2.75. The minimum Gasteiger partial charge on any atom is -0.497 e. The largest absolute Gasteiger partial charge is 0.497 e. The summed E-state index contributed by atoms with van der Waals surface area (Å²) in [5.74, 6) is -0.0406. The zero-order valence-corrected chi connectivity index (χ0v) is 19.0. The standard InChI is InChI=1S/C21H20F3N3O4S2/c1-31-16-7-3-6-15(9-16)27(20-26-17-11-33(29,30)12-18(17)32-20)10-19(28)25-14-5-2-4-13(8-14)21(22,23)24/h2-9,17-18H,10-12H2,1H3,(H,25,28)/t17-,18-/m0/s1. The Bertz CT molecular complexity index is 1200. The van der Waals surface area contributed by atoms with Gasteiger partial charge in [-0.05, 0) is 30.3 Å². The molecule has 0 saturated carbocycles. The number of carbonyl (C=O) groups excluding carboxylic acids is 1. The summed E-state index contributed by atoms with van der Waals surface area (Å²) in [7, 11) is -1.65. The van der Waals surface area contributed by atoms with E-state index in [0.29, 0.717) is 16.6 Å². The summed E-state index contributed by atoms with van der Waals surface area (Å²) >= 11 is 1.28. The molecule has 2 aromatic rings. The van der Waals surface area contributed by atoms with Crippen molar-refractivity contribution in [2.45, 2.75) is 17.5 Å². The number of carbonyl (C=O) groups is 1. The molecule has 1 fully saturated rings. The van der Waals surface area contributed by atoms with Crippen LogP contribution in [0.25, 0.3) is 0 Å². The fraction of sp³-hybridized carbons (Fsp3) is 0.333. The smallest absolute Gasteiger partial charge is 0.416 e. The molecular weight excluding hydrogens is 479 g/mol. The predicted molar refractivity (Wildman–Crippen MR) is 122 cm³/mol. The van der Waals surface area contributed by atoms with E-state index in [-0.39, 0.29) is 29.0 Å². The molecule has 0 unspecified atom stereocenters. The molecule has 2 heterocycles. The summed E-state index contributed by atoms with van der Waals surface area (Å²) in [5.41, 5.74) is -0.262. The molecule has 0 spiro atoms. The highest BCUT2D eigenvalue weighted by Crippen LogP contribution is 2.37. The lowest BCUT2D eigenvalue weighted by molar-refractivity contribution is -0.137. The first-order valence-corrected chi connectivity index (χ1v) is 12.6. The number of nitrogens with one attached hydrogen (secondary N) is 1. The molecule has 0 bridgehead atoms. The van der Waals surface area contributed by atoms with E-state index < -0.39 is 33.5 Å². The highest BCUT2D eigenvalue weighted by atomic mass is 32.2. The molecule has 2 aliphatic rings. The summed E-state index contributed by atoms with van der Waals surface area (Å²) in [4.78, 5) is 18.9. The van der Waals surface area contributed by atoms with Gasteiger partial charge >= 0.3 is 6.18 Å². The summed E-state index contributed by atoms with van der Waals surface area (Å²) in [6.45, 7) is -0.235. The van der Waals surface area contributed by atoms with Crippen LogP contribution in [0.3, 0.4) is 0 Å². The summed E-state index contributed by atoms with van der Waals surface area (Å²) in [6.07, 6.45) is -4.53. The zero-order chi connectivity index (χ0) is 23.8. The van der Waals surface area contributed by atoms with E-state index in [0.717, 1.165) is 12.1 Å². The lowest BCUT2D eigenvalue weighted by atomic mass is 10.2. The van der Waals surface area contributed by atoms with Gasteiger partial charge in [0.05, 0.1) is 30.2 Å². The quantitative estimate of drug-likeness (QED) is 0.678. The normalized spacial score (nSPS) is 21.3. The number of sulfone groups is 1. The highest BCUT2D eigenvalue weighted by molar-refractivity contribution is 8.15. The van der Waals surface area contributed by atoms with Gasteiger partial charge in [0, 0.05) is 22.7 Å². The van der Waals surface area contributed by atoms with Crippen molar-refractivity contribution in [3.8, 4) is 5.75 Å². The molecule has 176 valence electrons. The number of benzene rings is 2. The number of fused-ring (bicyclic) bond motifs is 1. The van der Waals surface area contributed by atoms with Crippen LogP contribution in [0.5, 0.6) is 5.75 Å². The number of amides is 1. The van der Waals surface area contributed by atoms with Crippen LogP contribution in [0.15, 0.2) is 53.5 Å². The number of thioether (sulfide) groups is 1. The van der Waals surface area contributed by atoms with Crippen molar-refractivity contribution >= 4 is 44.0 Å². The Morgan fingerprint density at radius 3 is 2.67 bits per heavy atom.